The molecular formula is C33H39ClN4O4. The monoisotopic (exact) mass is 590 g/mol. The van der Waals surface area contributed by atoms with Crippen LogP contribution in [0.2, 0.25) is 5.15 Å². The van der Waals surface area contributed by atoms with E-state index in [0.29, 0.717) is 23.8 Å². The molecule has 0 radical (unpaired) electrons. The number of aromatic nitrogens is 3. The molecule has 1 saturated heterocycles. The average Bonchev–Trinajstić information content (AvgIpc) is 3.36. The lowest BCUT2D eigenvalue weighted by atomic mass is 9.90. The number of likely N-dealkylation sites (tertiary alicyclic amines) is 1. The number of rotatable bonds is 12. The summed E-state index contributed by atoms with van der Waals surface area (Å²) >= 11 is 6.59. The van der Waals surface area contributed by atoms with Crippen molar-refractivity contribution in [1.82, 2.24) is 19.5 Å². The predicted molar refractivity (Wildman–Crippen MR) is 163 cm³/mol. The molecule has 3 heterocycles. The minimum atomic E-state index is -0.996. The first-order valence-electron chi connectivity index (χ1n) is 14.7. The number of ether oxygens (including phenoxy) is 3. The molecule has 0 N–H and O–H groups in total. The summed E-state index contributed by atoms with van der Waals surface area (Å²) in [5.41, 5.74) is 2.35. The molecule has 0 unspecified atom stereocenters. The van der Waals surface area contributed by atoms with Crippen LogP contribution in [0.25, 0.3) is 5.65 Å². The lowest BCUT2D eigenvalue weighted by Crippen LogP contribution is -2.38. The Hall–Kier alpha value is -3.46. The Morgan fingerprint density at radius 3 is 2.26 bits per heavy atom. The fourth-order valence-electron chi connectivity index (χ4n) is 5.30. The van der Waals surface area contributed by atoms with Gasteiger partial charge in [0.2, 0.25) is 5.88 Å². The van der Waals surface area contributed by atoms with E-state index in [4.69, 9.17) is 25.8 Å². The molecule has 2 aromatic carbocycles. The SMILES string of the molecule is CCOC(=O)C(C)(C)c1nc2ccc(OCCCN3CCC(OC(c4ccccc4)c4ccccc4)CC3)nn2c1Cl. The normalized spacial score (nSPS) is 14.9. The molecule has 0 spiro atoms. The number of nitrogens with zero attached hydrogens (tertiary/aromatic N) is 4. The molecule has 42 heavy (non-hydrogen) atoms. The summed E-state index contributed by atoms with van der Waals surface area (Å²) in [7, 11) is 0. The maximum Gasteiger partial charge on any atom is 0.317 e. The topological polar surface area (TPSA) is 78.2 Å². The number of carbonyl (C=O) groups excluding carboxylic acids is 1. The molecule has 2 aromatic heterocycles. The predicted octanol–water partition coefficient (Wildman–Crippen LogP) is 6.26. The molecule has 9 heteroatoms. The first-order valence-corrected chi connectivity index (χ1v) is 15.1. The van der Waals surface area contributed by atoms with Gasteiger partial charge in [-0.2, -0.15) is 4.52 Å². The van der Waals surface area contributed by atoms with Gasteiger partial charge in [0.1, 0.15) is 11.5 Å². The average molecular weight is 591 g/mol. The van der Waals surface area contributed by atoms with E-state index in [2.05, 4.69) is 63.5 Å². The number of carbonyl (C=O) groups is 1. The summed E-state index contributed by atoms with van der Waals surface area (Å²) in [6, 6.07) is 24.5. The fraction of sp³-hybridized carbons (Fsp3) is 0.424. The molecule has 1 aliphatic rings. The second-order valence-electron chi connectivity index (χ2n) is 11.1. The van der Waals surface area contributed by atoms with Crippen LogP contribution in [0.5, 0.6) is 5.88 Å². The minimum absolute atomic E-state index is 0.0569. The number of imidazole rings is 1. The van der Waals surface area contributed by atoms with E-state index in [1.807, 2.05) is 12.1 Å². The second kappa shape index (κ2) is 13.7. The maximum atomic E-state index is 12.5. The van der Waals surface area contributed by atoms with Crippen LogP contribution >= 0.6 is 11.6 Å². The Labute approximate surface area is 252 Å². The number of hydrogen-bond acceptors (Lipinski definition) is 7. The van der Waals surface area contributed by atoms with E-state index in [0.717, 1.165) is 38.9 Å². The first-order chi connectivity index (χ1) is 20.4. The van der Waals surface area contributed by atoms with E-state index >= 15 is 0 Å². The maximum absolute atomic E-state index is 12.5. The molecule has 8 nitrogen and oxygen atoms in total. The van der Waals surface area contributed by atoms with E-state index < -0.39 is 5.41 Å². The van der Waals surface area contributed by atoms with Crippen molar-refractivity contribution in [2.75, 3.05) is 32.8 Å². The summed E-state index contributed by atoms with van der Waals surface area (Å²) in [5, 5.41) is 4.78. The standard InChI is InChI=1S/C33H39ClN4O4/c1-4-40-32(39)33(2,3)30-31(34)38-27(35-30)16-17-28(36-38)41-23-11-20-37-21-18-26(19-22-37)42-29(24-12-7-5-8-13-24)25-14-9-6-10-15-25/h5-10,12-17,26,29H,4,11,18-23H2,1-3H3. The van der Waals surface area contributed by atoms with Crippen molar-refractivity contribution in [2.45, 2.75) is 57.7 Å². The molecule has 1 aliphatic heterocycles. The van der Waals surface area contributed by atoms with Crippen LogP contribution in [-0.4, -0.2) is 64.4 Å². The molecular weight excluding hydrogens is 552 g/mol. The molecule has 0 amide bonds. The number of halogens is 1. The number of hydrogen-bond donors (Lipinski definition) is 0. The highest BCUT2D eigenvalue weighted by Crippen LogP contribution is 2.32. The van der Waals surface area contributed by atoms with E-state index in [1.54, 1.807) is 32.9 Å². The van der Waals surface area contributed by atoms with Gasteiger partial charge in [0.05, 0.1) is 25.0 Å². The second-order valence-corrected chi connectivity index (χ2v) is 11.5. The number of piperidine rings is 1. The highest BCUT2D eigenvalue weighted by atomic mass is 35.5. The van der Waals surface area contributed by atoms with Gasteiger partial charge >= 0.3 is 5.97 Å². The highest BCUT2D eigenvalue weighted by molar-refractivity contribution is 6.30. The molecule has 0 saturated carbocycles. The summed E-state index contributed by atoms with van der Waals surface area (Å²) in [6.45, 7) is 9.02. The van der Waals surface area contributed by atoms with Gasteiger partial charge in [-0.3, -0.25) is 4.79 Å². The minimum Gasteiger partial charge on any atom is -0.477 e. The highest BCUT2D eigenvalue weighted by Gasteiger charge is 2.37. The van der Waals surface area contributed by atoms with Crippen LogP contribution in [0.15, 0.2) is 72.8 Å². The fourth-order valence-corrected chi connectivity index (χ4v) is 5.71. The Balaban J connectivity index is 1.10. The van der Waals surface area contributed by atoms with Gasteiger partial charge in [0.15, 0.2) is 10.8 Å². The molecule has 0 aliphatic carbocycles. The lowest BCUT2D eigenvalue weighted by Gasteiger charge is -2.34. The molecule has 222 valence electrons. The summed E-state index contributed by atoms with van der Waals surface area (Å²) in [4.78, 5) is 19.5. The Morgan fingerprint density at radius 1 is 1.00 bits per heavy atom. The van der Waals surface area contributed by atoms with Crippen molar-refractivity contribution < 1.29 is 19.0 Å². The van der Waals surface area contributed by atoms with E-state index in [9.17, 15) is 4.79 Å². The Bertz CT molecular complexity index is 1410. The first kappa shape index (κ1) is 30.0. The van der Waals surface area contributed by atoms with Gasteiger partial charge in [-0.05, 0) is 57.2 Å². The zero-order valence-corrected chi connectivity index (χ0v) is 25.3. The van der Waals surface area contributed by atoms with Crippen molar-refractivity contribution in [1.29, 1.82) is 0 Å². The van der Waals surface area contributed by atoms with Crippen LogP contribution in [0.4, 0.5) is 0 Å². The Kier molecular flexibility index (Phi) is 9.77. The van der Waals surface area contributed by atoms with E-state index in [1.165, 1.54) is 15.6 Å². The molecule has 0 bridgehead atoms. The lowest BCUT2D eigenvalue weighted by molar-refractivity contribution is -0.148. The van der Waals surface area contributed by atoms with Crippen molar-refractivity contribution in [2.24, 2.45) is 0 Å². The molecule has 1 fully saturated rings. The van der Waals surface area contributed by atoms with Crippen molar-refractivity contribution in [3.05, 3.63) is 94.8 Å². The zero-order valence-electron chi connectivity index (χ0n) is 24.5. The van der Waals surface area contributed by atoms with Crippen LogP contribution in [0, 0.1) is 0 Å². The zero-order chi connectivity index (χ0) is 29.5. The van der Waals surface area contributed by atoms with Gasteiger partial charge < -0.3 is 19.1 Å². The third kappa shape index (κ3) is 6.94. The van der Waals surface area contributed by atoms with E-state index in [-0.39, 0.29) is 29.9 Å². The van der Waals surface area contributed by atoms with Crippen LogP contribution in [0.1, 0.15) is 63.0 Å². The Morgan fingerprint density at radius 2 is 1.64 bits per heavy atom. The number of fused-ring (bicyclic) bond motifs is 1. The summed E-state index contributed by atoms with van der Waals surface area (Å²) in [6.07, 6.45) is 3.04. The summed E-state index contributed by atoms with van der Waals surface area (Å²) in [5.74, 6) is 0.0804. The van der Waals surface area contributed by atoms with Gasteiger partial charge in [0, 0.05) is 25.7 Å². The smallest absolute Gasteiger partial charge is 0.317 e. The van der Waals surface area contributed by atoms with Crippen LogP contribution < -0.4 is 4.74 Å². The third-order valence-corrected chi connectivity index (χ3v) is 8.05. The third-order valence-electron chi connectivity index (χ3n) is 7.71. The number of benzene rings is 2. The van der Waals surface area contributed by atoms with Crippen molar-refractivity contribution >= 4 is 23.2 Å². The largest absolute Gasteiger partial charge is 0.477 e. The quantitative estimate of drug-likeness (QED) is 0.142. The molecule has 0 atom stereocenters. The number of esters is 1. The molecule has 4 aromatic rings. The molecule has 5 rings (SSSR count). The van der Waals surface area contributed by atoms with Gasteiger partial charge in [-0.25, -0.2) is 4.98 Å². The van der Waals surface area contributed by atoms with Crippen molar-refractivity contribution in [3.8, 4) is 5.88 Å². The van der Waals surface area contributed by atoms with Gasteiger partial charge in [-0.1, -0.05) is 72.3 Å². The van der Waals surface area contributed by atoms with Gasteiger partial charge in [-0.15, -0.1) is 5.10 Å². The van der Waals surface area contributed by atoms with Gasteiger partial charge in [0.25, 0.3) is 0 Å². The van der Waals surface area contributed by atoms with Crippen LogP contribution in [-0.2, 0) is 19.7 Å². The van der Waals surface area contributed by atoms with Crippen LogP contribution in [0.3, 0.4) is 0 Å². The summed E-state index contributed by atoms with van der Waals surface area (Å²) < 4.78 is 19.4. The van der Waals surface area contributed by atoms with Crippen molar-refractivity contribution in [3.63, 3.8) is 0 Å².